The number of rotatable bonds is 7. The first kappa shape index (κ1) is 20.9. The van der Waals surface area contributed by atoms with Gasteiger partial charge in [-0.2, -0.15) is 0 Å². The maximum absolute atomic E-state index is 12.5. The summed E-state index contributed by atoms with van der Waals surface area (Å²) in [5, 5.41) is 12.0. The van der Waals surface area contributed by atoms with Gasteiger partial charge in [0.15, 0.2) is 0 Å². The third kappa shape index (κ3) is 5.60. The highest BCUT2D eigenvalue weighted by Gasteiger charge is 2.15. The second kappa shape index (κ2) is 10.1. The normalized spacial score (nSPS) is 14.6. The molecule has 0 radical (unpaired) electrons. The lowest BCUT2D eigenvalue weighted by molar-refractivity contribution is -0.113. The molecule has 0 bridgehead atoms. The molecule has 1 saturated heterocycles. The molecule has 1 fully saturated rings. The summed E-state index contributed by atoms with van der Waals surface area (Å²) in [6.07, 6.45) is 0. The largest absolute Gasteiger partial charge is 0.411 e. The van der Waals surface area contributed by atoms with Crippen molar-refractivity contribution in [2.45, 2.75) is 11.8 Å². The SMILES string of the molecule is O=C(CSc1nnc(-c2ccc(Cl)cc2)o1)Nc1ccccc1CN1CCOCC1. The Labute approximate surface area is 183 Å². The minimum absolute atomic E-state index is 0.124. The number of nitrogens with one attached hydrogen (secondary N) is 1. The highest BCUT2D eigenvalue weighted by atomic mass is 35.5. The van der Waals surface area contributed by atoms with Gasteiger partial charge in [0.2, 0.25) is 11.8 Å². The molecule has 0 saturated carbocycles. The number of anilines is 1. The predicted octanol–water partition coefficient (Wildman–Crippen LogP) is 3.95. The van der Waals surface area contributed by atoms with Crippen LogP contribution in [0.2, 0.25) is 5.02 Å². The van der Waals surface area contributed by atoms with Crippen molar-refractivity contribution in [1.29, 1.82) is 0 Å². The molecule has 9 heteroatoms. The van der Waals surface area contributed by atoms with E-state index in [9.17, 15) is 4.79 Å². The molecule has 1 N–H and O–H groups in total. The van der Waals surface area contributed by atoms with Crippen LogP contribution in [0.4, 0.5) is 5.69 Å². The van der Waals surface area contributed by atoms with E-state index in [1.165, 1.54) is 11.8 Å². The second-order valence-corrected chi connectivity index (χ2v) is 8.13. The highest BCUT2D eigenvalue weighted by Crippen LogP contribution is 2.25. The molecule has 1 amide bonds. The first-order valence-corrected chi connectivity index (χ1v) is 10.9. The van der Waals surface area contributed by atoms with E-state index in [2.05, 4.69) is 20.4 Å². The average molecular weight is 445 g/mol. The zero-order valence-electron chi connectivity index (χ0n) is 16.2. The van der Waals surface area contributed by atoms with E-state index in [1.54, 1.807) is 12.1 Å². The van der Waals surface area contributed by atoms with Crippen LogP contribution in [-0.2, 0) is 16.1 Å². The molecule has 0 spiro atoms. The third-order valence-electron chi connectivity index (χ3n) is 4.61. The van der Waals surface area contributed by atoms with Gasteiger partial charge in [0.1, 0.15) is 0 Å². The molecule has 1 aromatic heterocycles. The van der Waals surface area contributed by atoms with Crippen LogP contribution in [-0.4, -0.2) is 53.1 Å². The van der Waals surface area contributed by atoms with Crippen LogP contribution >= 0.6 is 23.4 Å². The van der Waals surface area contributed by atoms with Gasteiger partial charge in [-0.3, -0.25) is 9.69 Å². The van der Waals surface area contributed by atoms with Gasteiger partial charge >= 0.3 is 0 Å². The Morgan fingerprint density at radius 1 is 1.10 bits per heavy atom. The predicted molar refractivity (Wildman–Crippen MR) is 117 cm³/mol. The monoisotopic (exact) mass is 444 g/mol. The number of hydrogen-bond donors (Lipinski definition) is 1. The fraction of sp³-hybridized carbons (Fsp3) is 0.286. The summed E-state index contributed by atoms with van der Waals surface area (Å²) in [4.78, 5) is 14.8. The Hall–Kier alpha value is -2.39. The lowest BCUT2D eigenvalue weighted by Gasteiger charge is -2.27. The molecule has 3 aromatic rings. The number of nitrogens with zero attached hydrogens (tertiary/aromatic N) is 3. The van der Waals surface area contributed by atoms with E-state index < -0.39 is 0 Å². The van der Waals surface area contributed by atoms with Crippen LogP contribution < -0.4 is 5.32 Å². The summed E-state index contributed by atoms with van der Waals surface area (Å²) in [5.41, 5.74) is 2.68. The number of amides is 1. The van der Waals surface area contributed by atoms with Crippen LogP contribution in [0.1, 0.15) is 5.56 Å². The molecule has 7 nitrogen and oxygen atoms in total. The van der Waals surface area contributed by atoms with Gasteiger partial charge in [-0.1, -0.05) is 41.6 Å². The lowest BCUT2D eigenvalue weighted by atomic mass is 10.1. The summed E-state index contributed by atoms with van der Waals surface area (Å²) in [6.45, 7) is 4.05. The molecular formula is C21H21ClN4O3S. The summed E-state index contributed by atoms with van der Waals surface area (Å²) < 4.78 is 11.0. The van der Waals surface area contributed by atoms with Crippen molar-refractivity contribution in [3.05, 3.63) is 59.1 Å². The van der Waals surface area contributed by atoms with Crippen molar-refractivity contribution in [2.24, 2.45) is 0 Å². The summed E-state index contributed by atoms with van der Waals surface area (Å²) in [6, 6.07) is 15.0. The Balaban J connectivity index is 1.33. The molecule has 0 aliphatic carbocycles. The van der Waals surface area contributed by atoms with E-state index >= 15 is 0 Å². The number of morpholine rings is 1. The Morgan fingerprint density at radius 3 is 2.67 bits per heavy atom. The number of ether oxygens (including phenoxy) is 1. The number of para-hydroxylation sites is 1. The Morgan fingerprint density at radius 2 is 1.87 bits per heavy atom. The molecule has 0 atom stereocenters. The van der Waals surface area contributed by atoms with Gasteiger partial charge in [-0.25, -0.2) is 0 Å². The maximum atomic E-state index is 12.5. The molecule has 1 aliphatic heterocycles. The van der Waals surface area contributed by atoms with E-state index in [1.807, 2.05) is 36.4 Å². The zero-order valence-corrected chi connectivity index (χ0v) is 17.8. The van der Waals surface area contributed by atoms with Crippen molar-refractivity contribution in [1.82, 2.24) is 15.1 Å². The third-order valence-corrected chi connectivity index (χ3v) is 5.68. The van der Waals surface area contributed by atoms with Gasteiger partial charge in [0.25, 0.3) is 5.22 Å². The fourth-order valence-corrected chi connectivity index (χ4v) is 3.76. The number of halogens is 1. The quantitative estimate of drug-likeness (QED) is 0.552. The number of benzene rings is 2. The maximum Gasteiger partial charge on any atom is 0.277 e. The minimum atomic E-state index is -0.124. The molecule has 1 aliphatic rings. The highest BCUT2D eigenvalue weighted by molar-refractivity contribution is 7.99. The lowest BCUT2D eigenvalue weighted by Crippen LogP contribution is -2.35. The van der Waals surface area contributed by atoms with Crippen molar-refractivity contribution in [3.63, 3.8) is 0 Å². The minimum Gasteiger partial charge on any atom is -0.411 e. The van der Waals surface area contributed by atoms with Crippen LogP contribution in [0.25, 0.3) is 11.5 Å². The van der Waals surface area contributed by atoms with Crippen LogP contribution in [0.5, 0.6) is 0 Å². The molecule has 2 aromatic carbocycles. The van der Waals surface area contributed by atoms with Gasteiger partial charge < -0.3 is 14.5 Å². The number of aromatic nitrogens is 2. The van der Waals surface area contributed by atoms with E-state index in [0.29, 0.717) is 16.1 Å². The topological polar surface area (TPSA) is 80.5 Å². The second-order valence-electron chi connectivity index (χ2n) is 6.76. The van der Waals surface area contributed by atoms with E-state index in [-0.39, 0.29) is 11.7 Å². The molecule has 0 unspecified atom stereocenters. The molecule has 2 heterocycles. The molecule has 30 heavy (non-hydrogen) atoms. The Kier molecular flexibility index (Phi) is 7.01. The number of hydrogen-bond acceptors (Lipinski definition) is 7. The smallest absolute Gasteiger partial charge is 0.277 e. The summed E-state index contributed by atoms with van der Waals surface area (Å²) >= 11 is 7.10. The molecule has 156 valence electrons. The zero-order chi connectivity index (χ0) is 20.8. The number of thioether (sulfide) groups is 1. The number of carbonyl (C=O) groups excluding carboxylic acids is 1. The molecular weight excluding hydrogens is 424 g/mol. The standard InChI is InChI=1S/C21H21ClN4O3S/c22-17-7-5-15(6-8-17)20-24-25-21(29-20)30-14-19(27)23-18-4-2-1-3-16(18)13-26-9-11-28-12-10-26/h1-8H,9-14H2,(H,23,27). The van der Waals surface area contributed by atoms with Crippen molar-refractivity contribution >= 4 is 35.0 Å². The Bertz CT molecular complexity index is 990. The van der Waals surface area contributed by atoms with Gasteiger partial charge in [-0.05, 0) is 35.9 Å². The van der Waals surface area contributed by atoms with Crippen molar-refractivity contribution in [3.8, 4) is 11.5 Å². The van der Waals surface area contributed by atoms with Crippen LogP contribution in [0, 0.1) is 0 Å². The van der Waals surface area contributed by atoms with Crippen LogP contribution in [0.3, 0.4) is 0 Å². The summed E-state index contributed by atoms with van der Waals surface area (Å²) in [7, 11) is 0. The first-order valence-electron chi connectivity index (χ1n) is 9.57. The van der Waals surface area contributed by atoms with Crippen molar-refractivity contribution < 1.29 is 13.9 Å². The first-order chi connectivity index (χ1) is 14.7. The van der Waals surface area contributed by atoms with Gasteiger partial charge in [-0.15, -0.1) is 10.2 Å². The number of carbonyl (C=O) groups is 1. The summed E-state index contributed by atoms with van der Waals surface area (Å²) in [5.74, 6) is 0.444. The average Bonchev–Trinajstić information content (AvgIpc) is 3.24. The van der Waals surface area contributed by atoms with Gasteiger partial charge in [0, 0.05) is 35.9 Å². The van der Waals surface area contributed by atoms with Crippen LogP contribution in [0.15, 0.2) is 58.2 Å². The van der Waals surface area contributed by atoms with E-state index in [4.69, 9.17) is 20.8 Å². The fourth-order valence-electron chi connectivity index (χ4n) is 3.07. The van der Waals surface area contributed by atoms with Gasteiger partial charge in [0.05, 0.1) is 19.0 Å². The van der Waals surface area contributed by atoms with E-state index in [0.717, 1.165) is 49.7 Å². The molecule has 4 rings (SSSR count). The van der Waals surface area contributed by atoms with Crippen molar-refractivity contribution in [2.75, 3.05) is 37.4 Å².